The molecule has 1 fully saturated rings. The highest BCUT2D eigenvalue weighted by Gasteiger charge is 2.27. The minimum Gasteiger partial charge on any atom is -0.344 e. The first kappa shape index (κ1) is 14.7. The highest BCUT2D eigenvalue weighted by Crippen LogP contribution is 2.26. The van der Waals surface area contributed by atoms with Crippen molar-refractivity contribution in [3.8, 4) is 0 Å². The molecule has 0 saturated carbocycles. The Labute approximate surface area is 119 Å². The summed E-state index contributed by atoms with van der Waals surface area (Å²) in [5, 5.41) is 2.95. The molecule has 1 N–H and O–H groups in total. The molecule has 7 heteroatoms. The molecule has 1 aromatic heterocycles. The van der Waals surface area contributed by atoms with E-state index in [4.69, 9.17) is 0 Å². The first-order chi connectivity index (χ1) is 9.12. The maximum absolute atomic E-state index is 11.8. The van der Waals surface area contributed by atoms with Crippen molar-refractivity contribution in [3.63, 3.8) is 0 Å². The van der Waals surface area contributed by atoms with Crippen LogP contribution in [0, 0.1) is 0 Å². The maximum Gasteiger partial charge on any atom is 0.211 e. The van der Waals surface area contributed by atoms with Gasteiger partial charge in [-0.3, -0.25) is 0 Å². The van der Waals surface area contributed by atoms with Crippen LogP contribution in [-0.2, 0) is 10.0 Å². The zero-order valence-corrected chi connectivity index (χ0v) is 12.8. The van der Waals surface area contributed by atoms with E-state index < -0.39 is 10.0 Å². The third kappa shape index (κ3) is 4.15. The lowest BCUT2D eigenvalue weighted by Gasteiger charge is -2.24. The molecule has 108 valence electrons. The number of anilines is 1. The van der Waals surface area contributed by atoms with Crippen LogP contribution in [0.1, 0.15) is 32.6 Å². The van der Waals surface area contributed by atoms with Gasteiger partial charge >= 0.3 is 0 Å². The van der Waals surface area contributed by atoms with Gasteiger partial charge in [-0.15, -0.1) is 11.3 Å². The van der Waals surface area contributed by atoms with Crippen LogP contribution < -0.4 is 9.62 Å². The van der Waals surface area contributed by atoms with E-state index in [-0.39, 0.29) is 11.8 Å². The first-order valence-corrected chi connectivity index (χ1v) is 9.29. The van der Waals surface area contributed by atoms with Crippen LogP contribution in [0.25, 0.3) is 0 Å². The molecule has 1 aromatic rings. The van der Waals surface area contributed by atoms with E-state index in [0.29, 0.717) is 6.54 Å². The van der Waals surface area contributed by atoms with Gasteiger partial charge in [-0.2, -0.15) is 0 Å². The molecule has 19 heavy (non-hydrogen) atoms. The van der Waals surface area contributed by atoms with Crippen LogP contribution in [0.4, 0.5) is 5.13 Å². The SMILES string of the molecule is CCCCS(=O)(=O)NCC1CCCN1c1nccs1. The fourth-order valence-corrected chi connectivity index (χ4v) is 4.29. The highest BCUT2D eigenvalue weighted by molar-refractivity contribution is 7.89. The average Bonchev–Trinajstić information content (AvgIpc) is 3.04. The standard InChI is InChI=1S/C12H21N3O2S2/c1-2-3-9-19(16,17)14-10-11-5-4-7-15(11)12-13-6-8-18-12/h6,8,11,14H,2-5,7,9-10H2,1H3. The van der Waals surface area contributed by atoms with Gasteiger partial charge in [0.15, 0.2) is 5.13 Å². The van der Waals surface area contributed by atoms with Crippen molar-refractivity contribution >= 4 is 26.5 Å². The van der Waals surface area contributed by atoms with E-state index in [9.17, 15) is 8.42 Å². The Balaban J connectivity index is 1.88. The summed E-state index contributed by atoms with van der Waals surface area (Å²) in [7, 11) is -3.12. The number of nitrogens with one attached hydrogen (secondary N) is 1. The van der Waals surface area contributed by atoms with Crippen molar-refractivity contribution < 1.29 is 8.42 Å². The van der Waals surface area contributed by atoms with Gasteiger partial charge in [0.05, 0.1) is 5.75 Å². The first-order valence-electron chi connectivity index (χ1n) is 6.76. The number of thiazole rings is 1. The Morgan fingerprint density at radius 3 is 3.11 bits per heavy atom. The Morgan fingerprint density at radius 1 is 1.58 bits per heavy atom. The molecule has 2 heterocycles. The summed E-state index contributed by atoms with van der Waals surface area (Å²) in [4.78, 5) is 6.53. The molecule has 2 rings (SSSR count). The maximum atomic E-state index is 11.8. The van der Waals surface area contributed by atoms with E-state index >= 15 is 0 Å². The summed E-state index contributed by atoms with van der Waals surface area (Å²) in [5.74, 6) is 0.230. The zero-order chi connectivity index (χ0) is 13.7. The largest absolute Gasteiger partial charge is 0.344 e. The molecular weight excluding hydrogens is 282 g/mol. The van der Waals surface area contributed by atoms with Crippen LogP contribution in [0.3, 0.4) is 0 Å². The second-order valence-electron chi connectivity index (χ2n) is 4.83. The van der Waals surface area contributed by atoms with E-state index in [1.807, 2.05) is 12.3 Å². The third-order valence-electron chi connectivity index (χ3n) is 3.35. The lowest BCUT2D eigenvalue weighted by Crippen LogP contribution is -2.40. The molecule has 1 aliphatic heterocycles. The summed E-state index contributed by atoms with van der Waals surface area (Å²) in [6.45, 7) is 3.46. The second-order valence-corrected chi connectivity index (χ2v) is 7.62. The van der Waals surface area contributed by atoms with Crippen molar-refractivity contribution in [2.45, 2.75) is 38.6 Å². The van der Waals surface area contributed by atoms with Gasteiger partial charge in [0.2, 0.25) is 10.0 Å². The predicted octanol–water partition coefficient (Wildman–Crippen LogP) is 1.83. The average molecular weight is 303 g/mol. The Kier molecular flexibility index (Phi) is 5.18. The molecule has 0 aliphatic carbocycles. The van der Waals surface area contributed by atoms with Gasteiger partial charge in [-0.05, 0) is 19.3 Å². The van der Waals surface area contributed by atoms with E-state index in [1.165, 1.54) is 0 Å². The summed E-state index contributed by atoms with van der Waals surface area (Å²) >= 11 is 1.61. The molecule has 0 spiro atoms. The summed E-state index contributed by atoms with van der Waals surface area (Å²) in [6.07, 6.45) is 5.53. The third-order valence-corrected chi connectivity index (χ3v) is 5.59. The molecule has 0 aromatic carbocycles. The molecule has 1 atom stereocenters. The molecule has 0 bridgehead atoms. The number of aromatic nitrogens is 1. The lowest BCUT2D eigenvalue weighted by molar-refractivity contribution is 0.564. The van der Waals surface area contributed by atoms with Gasteiger partial charge in [0, 0.05) is 30.7 Å². The smallest absolute Gasteiger partial charge is 0.211 e. The van der Waals surface area contributed by atoms with Crippen molar-refractivity contribution in [2.75, 3.05) is 23.7 Å². The molecule has 1 saturated heterocycles. The van der Waals surface area contributed by atoms with E-state index in [1.54, 1.807) is 17.5 Å². The zero-order valence-electron chi connectivity index (χ0n) is 11.2. The van der Waals surface area contributed by atoms with Crippen LogP contribution in [0.5, 0.6) is 0 Å². The fourth-order valence-electron chi connectivity index (χ4n) is 2.29. The molecule has 0 radical (unpaired) electrons. The predicted molar refractivity (Wildman–Crippen MR) is 79.2 cm³/mol. The van der Waals surface area contributed by atoms with Gasteiger partial charge < -0.3 is 4.90 Å². The van der Waals surface area contributed by atoms with Crippen molar-refractivity contribution in [2.24, 2.45) is 0 Å². The Hall–Kier alpha value is -0.660. The van der Waals surface area contributed by atoms with Crippen molar-refractivity contribution in [1.29, 1.82) is 0 Å². The minimum atomic E-state index is -3.12. The number of rotatable bonds is 7. The van der Waals surface area contributed by atoms with Crippen LogP contribution in [0.2, 0.25) is 0 Å². The molecule has 5 nitrogen and oxygen atoms in total. The summed E-state index contributed by atoms with van der Waals surface area (Å²) in [6, 6.07) is 0.238. The number of hydrogen-bond acceptors (Lipinski definition) is 5. The molecule has 1 aliphatic rings. The van der Waals surface area contributed by atoms with E-state index in [0.717, 1.165) is 37.4 Å². The van der Waals surface area contributed by atoms with Crippen LogP contribution >= 0.6 is 11.3 Å². The highest BCUT2D eigenvalue weighted by atomic mass is 32.2. The molecule has 0 amide bonds. The monoisotopic (exact) mass is 303 g/mol. The Morgan fingerprint density at radius 2 is 2.42 bits per heavy atom. The van der Waals surface area contributed by atoms with Crippen molar-refractivity contribution in [3.05, 3.63) is 11.6 Å². The number of unbranched alkanes of at least 4 members (excludes halogenated alkanes) is 1. The fraction of sp³-hybridized carbons (Fsp3) is 0.750. The number of sulfonamides is 1. The van der Waals surface area contributed by atoms with Gasteiger partial charge in [0.25, 0.3) is 0 Å². The van der Waals surface area contributed by atoms with Gasteiger partial charge in [-0.25, -0.2) is 18.1 Å². The molecular formula is C12H21N3O2S2. The Bertz CT molecular complexity index is 473. The topological polar surface area (TPSA) is 62.3 Å². The van der Waals surface area contributed by atoms with E-state index in [2.05, 4.69) is 14.6 Å². The van der Waals surface area contributed by atoms with Crippen LogP contribution in [0.15, 0.2) is 11.6 Å². The molecule has 1 unspecified atom stereocenters. The number of hydrogen-bond donors (Lipinski definition) is 1. The van der Waals surface area contributed by atoms with Crippen LogP contribution in [-0.4, -0.2) is 38.3 Å². The second kappa shape index (κ2) is 6.67. The lowest BCUT2D eigenvalue weighted by atomic mass is 10.2. The number of nitrogens with zero attached hydrogens (tertiary/aromatic N) is 2. The van der Waals surface area contributed by atoms with Gasteiger partial charge in [0.1, 0.15) is 0 Å². The van der Waals surface area contributed by atoms with Crippen molar-refractivity contribution in [1.82, 2.24) is 9.71 Å². The van der Waals surface area contributed by atoms with Gasteiger partial charge in [-0.1, -0.05) is 13.3 Å². The summed E-state index contributed by atoms with van der Waals surface area (Å²) in [5.41, 5.74) is 0. The summed E-state index contributed by atoms with van der Waals surface area (Å²) < 4.78 is 26.3. The normalized spacial score (nSPS) is 20.1. The quantitative estimate of drug-likeness (QED) is 0.835. The minimum absolute atomic E-state index is 0.230.